The van der Waals surface area contributed by atoms with Crippen LogP contribution in [-0.2, 0) is 4.74 Å². The molecule has 0 aromatic heterocycles. The van der Waals surface area contributed by atoms with Gasteiger partial charge in [0.15, 0.2) is 0 Å². The fourth-order valence-corrected chi connectivity index (χ4v) is 4.05. The van der Waals surface area contributed by atoms with Crippen LogP contribution >= 0.6 is 0 Å². The van der Waals surface area contributed by atoms with Crippen molar-refractivity contribution in [2.45, 2.75) is 57.2 Å². The van der Waals surface area contributed by atoms with E-state index in [-0.39, 0.29) is 0 Å². The molecule has 3 aliphatic heterocycles. The normalized spacial score (nSPS) is 42.2. The van der Waals surface area contributed by atoms with Crippen molar-refractivity contribution in [2.75, 3.05) is 26.3 Å². The van der Waals surface area contributed by atoms with Crippen LogP contribution in [0.5, 0.6) is 0 Å². The van der Waals surface area contributed by atoms with Gasteiger partial charge in [-0.2, -0.15) is 0 Å². The van der Waals surface area contributed by atoms with Gasteiger partial charge in [-0.3, -0.25) is 4.90 Å². The lowest BCUT2D eigenvalue weighted by molar-refractivity contribution is 0.0918. The molecule has 0 saturated carbocycles. The van der Waals surface area contributed by atoms with E-state index in [1.807, 2.05) is 0 Å². The summed E-state index contributed by atoms with van der Waals surface area (Å²) in [5.41, 5.74) is 0. The highest BCUT2D eigenvalue weighted by molar-refractivity contribution is 4.98. The average Bonchev–Trinajstić information content (AvgIpc) is 2.89. The van der Waals surface area contributed by atoms with E-state index in [0.717, 1.165) is 43.8 Å². The maximum Gasteiger partial charge on any atom is 0.0507 e. The van der Waals surface area contributed by atoms with Crippen molar-refractivity contribution < 1.29 is 4.74 Å². The molecular formula is C14H26N2O. The SMILES string of the molecule is CCNC1CC2CCC(C1)N2CC1CCOC1. The third-order valence-electron chi connectivity index (χ3n) is 4.87. The monoisotopic (exact) mass is 238 g/mol. The van der Waals surface area contributed by atoms with E-state index in [1.165, 1.54) is 38.6 Å². The minimum absolute atomic E-state index is 0.786. The zero-order valence-corrected chi connectivity index (χ0v) is 11.0. The van der Waals surface area contributed by atoms with Crippen molar-refractivity contribution in [1.29, 1.82) is 0 Å². The molecule has 17 heavy (non-hydrogen) atoms. The first kappa shape index (κ1) is 11.9. The zero-order valence-electron chi connectivity index (χ0n) is 11.0. The van der Waals surface area contributed by atoms with Gasteiger partial charge in [-0.1, -0.05) is 6.92 Å². The standard InChI is InChI=1S/C14H26N2O/c1-2-15-12-7-13-3-4-14(8-12)16(13)9-11-5-6-17-10-11/h11-15H,2-10H2,1H3. The van der Waals surface area contributed by atoms with Crippen LogP contribution < -0.4 is 5.32 Å². The Morgan fingerprint density at radius 1 is 1.18 bits per heavy atom. The molecule has 3 unspecified atom stereocenters. The lowest BCUT2D eigenvalue weighted by atomic mass is 9.95. The van der Waals surface area contributed by atoms with E-state index in [4.69, 9.17) is 4.74 Å². The summed E-state index contributed by atoms with van der Waals surface area (Å²) < 4.78 is 5.51. The largest absolute Gasteiger partial charge is 0.381 e. The third kappa shape index (κ3) is 2.51. The average molecular weight is 238 g/mol. The van der Waals surface area contributed by atoms with Crippen LogP contribution in [0, 0.1) is 5.92 Å². The molecule has 0 radical (unpaired) electrons. The minimum Gasteiger partial charge on any atom is -0.381 e. The number of nitrogens with one attached hydrogen (secondary N) is 1. The first-order valence-electron chi connectivity index (χ1n) is 7.43. The Morgan fingerprint density at radius 2 is 1.94 bits per heavy atom. The van der Waals surface area contributed by atoms with E-state index < -0.39 is 0 Å². The molecule has 3 atom stereocenters. The highest BCUT2D eigenvalue weighted by atomic mass is 16.5. The Hall–Kier alpha value is -0.120. The Kier molecular flexibility index (Phi) is 3.69. The Bertz CT molecular complexity index is 239. The summed E-state index contributed by atoms with van der Waals surface area (Å²) in [7, 11) is 0. The van der Waals surface area contributed by atoms with Crippen LogP contribution in [0.25, 0.3) is 0 Å². The molecule has 0 aromatic carbocycles. The molecule has 1 N–H and O–H groups in total. The predicted molar refractivity (Wildman–Crippen MR) is 69.1 cm³/mol. The number of piperidine rings is 1. The molecule has 2 bridgehead atoms. The minimum atomic E-state index is 0.786. The van der Waals surface area contributed by atoms with Gasteiger partial charge >= 0.3 is 0 Å². The molecule has 98 valence electrons. The molecule has 3 heteroatoms. The molecule has 0 aromatic rings. The van der Waals surface area contributed by atoms with Gasteiger partial charge < -0.3 is 10.1 Å². The van der Waals surface area contributed by atoms with Crippen molar-refractivity contribution >= 4 is 0 Å². The van der Waals surface area contributed by atoms with Crippen LogP contribution in [0.2, 0.25) is 0 Å². The Labute approximate surface area is 105 Å². The second-order valence-electron chi connectivity index (χ2n) is 6.04. The van der Waals surface area contributed by atoms with Crippen LogP contribution in [0.15, 0.2) is 0 Å². The molecule has 3 rings (SSSR count). The Morgan fingerprint density at radius 3 is 2.53 bits per heavy atom. The second kappa shape index (κ2) is 5.25. The summed E-state index contributed by atoms with van der Waals surface area (Å²) in [4.78, 5) is 2.81. The number of fused-ring (bicyclic) bond motifs is 2. The number of ether oxygens (including phenoxy) is 1. The van der Waals surface area contributed by atoms with Crippen LogP contribution in [-0.4, -0.2) is 49.3 Å². The van der Waals surface area contributed by atoms with Crippen molar-refractivity contribution in [3.8, 4) is 0 Å². The van der Waals surface area contributed by atoms with Gasteiger partial charge in [0.25, 0.3) is 0 Å². The van der Waals surface area contributed by atoms with Crippen molar-refractivity contribution in [3.05, 3.63) is 0 Å². The molecule has 3 saturated heterocycles. The highest BCUT2D eigenvalue weighted by Crippen LogP contribution is 2.36. The lowest BCUT2D eigenvalue weighted by Crippen LogP contribution is -2.50. The van der Waals surface area contributed by atoms with Crippen LogP contribution in [0.1, 0.15) is 39.0 Å². The zero-order chi connectivity index (χ0) is 11.7. The summed E-state index contributed by atoms with van der Waals surface area (Å²) in [6.45, 7) is 6.65. The van der Waals surface area contributed by atoms with Crippen LogP contribution in [0.4, 0.5) is 0 Å². The number of rotatable bonds is 4. The number of nitrogens with zero attached hydrogens (tertiary/aromatic N) is 1. The molecule has 0 aliphatic carbocycles. The van der Waals surface area contributed by atoms with Crippen molar-refractivity contribution in [2.24, 2.45) is 5.92 Å². The summed E-state index contributed by atoms with van der Waals surface area (Å²) in [5.74, 6) is 0.814. The van der Waals surface area contributed by atoms with E-state index >= 15 is 0 Å². The van der Waals surface area contributed by atoms with E-state index in [2.05, 4.69) is 17.1 Å². The molecule has 3 heterocycles. The van der Waals surface area contributed by atoms with Crippen molar-refractivity contribution in [3.63, 3.8) is 0 Å². The highest BCUT2D eigenvalue weighted by Gasteiger charge is 2.41. The van der Waals surface area contributed by atoms with Gasteiger partial charge in [0.05, 0.1) is 6.61 Å². The number of hydrogen-bond acceptors (Lipinski definition) is 3. The molecular weight excluding hydrogens is 212 g/mol. The van der Waals surface area contributed by atoms with Gasteiger partial charge in [-0.15, -0.1) is 0 Å². The fourth-order valence-electron chi connectivity index (χ4n) is 4.05. The van der Waals surface area contributed by atoms with Gasteiger partial charge in [0.2, 0.25) is 0 Å². The maximum atomic E-state index is 5.51. The number of hydrogen-bond donors (Lipinski definition) is 1. The van der Waals surface area contributed by atoms with E-state index in [0.29, 0.717) is 0 Å². The molecule has 0 amide bonds. The summed E-state index contributed by atoms with van der Waals surface area (Å²) in [5, 5.41) is 3.65. The van der Waals surface area contributed by atoms with Gasteiger partial charge in [-0.25, -0.2) is 0 Å². The predicted octanol–water partition coefficient (Wildman–Crippen LogP) is 1.63. The molecule has 3 nitrogen and oxygen atoms in total. The smallest absolute Gasteiger partial charge is 0.0507 e. The second-order valence-corrected chi connectivity index (χ2v) is 6.04. The fraction of sp³-hybridized carbons (Fsp3) is 1.00. The van der Waals surface area contributed by atoms with Crippen LogP contribution in [0.3, 0.4) is 0 Å². The summed E-state index contributed by atoms with van der Waals surface area (Å²) in [6, 6.07) is 2.50. The third-order valence-corrected chi connectivity index (χ3v) is 4.87. The maximum absolute atomic E-state index is 5.51. The summed E-state index contributed by atoms with van der Waals surface area (Å²) >= 11 is 0. The van der Waals surface area contributed by atoms with Crippen molar-refractivity contribution in [1.82, 2.24) is 10.2 Å². The van der Waals surface area contributed by atoms with E-state index in [1.54, 1.807) is 0 Å². The molecule has 3 aliphatic rings. The quantitative estimate of drug-likeness (QED) is 0.805. The molecule has 3 fully saturated rings. The Balaban J connectivity index is 1.56. The van der Waals surface area contributed by atoms with Gasteiger partial charge in [-0.05, 0) is 44.6 Å². The molecule has 0 spiro atoms. The first-order valence-corrected chi connectivity index (χ1v) is 7.43. The topological polar surface area (TPSA) is 24.5 Å². The summed E-state index contributed by atoms with van der Waals surface area (Å²) in [6.07, 6.45) is 6.89. The van der Waals surface area contributed by atoms with E-state index in [9.17, 15) is 0 Å². The van der Waals surface area contributed by atoms with Gasteiger partial charge in [0, 0.05) is 31.3 Å². The lowest BCUT2D eigenvalue weighted by Gasteiger charge is -2.40. The van der Waals surface area contributed by atoms with Gasteiger partial charge in [0.1, 0.15) is 0 Å². The first-order chi connectivity index (χ1) is 8.36.